The standard InChI is InChI=1S/C20H26N2O3/c1-3-17-14(2)11-13-21(17)18(23)10-6-7-12-22-19(24)15-8-4-5-9-16(15)20(22)25/h4-5,8-9,14,17H,3,6-7,10-13H2,1-2H3/t14-,17+/m0/s1. The number of benzene rings is 1. The Morgan fingerprint density at radius 1 is 1.12 bits per heavy atom. The summed E-state index contributed by atoms with van der Waals surface area (Å²) >= 11 is 0. The number of amides is 3. The molecule has 0 N–H and O–H groups in total. The number of likely N-dealkylation sites (tertiary alicyclic amines) is 1. The lowest BCUT2D eigenvalue weighted by Crippen LogP contribution is -2.37. The van der Waals surface area contributed by atoms with Crippen molar-refractivity contribution < 1.29 is 14.4 Å². The minimum atomic E-state index is -0.216. The van der Waals surface area contributed by atoms with Crippen molar-refractivity contribution in [2.24, 2.45) is 5.92 Å². The van der Waals surface area contributed by atoms with Gasteiger partial charge in [-0.1, -0.05) is 26.0 Å². The van der Waals surface area contributed by atoms with Gasteiger partial charge in [0.15, 0.2) is 0 Å². The first-order chi connectivity index (χ1) is 12.0. The molecular formula is C20H26N2O3. The van der Waals surface area contributed by atoms with Crippen LogP contribution >= 0.6 is 0 Å². The van der Waals surface area contributed by atoms with E-state index in [2.05, 4.69) is 13.8 Å². The fourth-order valence-electron chi connectivity index (χ4n) is 4.07. The average Bonchev–Trinajstić information content (AvgIpc) is 3.11. The van der Waals surface area contributed by atoms with Crippen molar-refractivity contribution in [3.05, 3.63) is 35.4 Å². The molecule has 1 aromatic rings. The summed E-state index contributed by atoms with van der Waals surface area (Å²) in [6.07, 6.45) is 3.94. The topological polar surface area (TPSA) is 57.7 Å². The molecule has 1 fully saturated rings. The zero-order chi connectivity index (χ0) is 18.0. The number of nitrogens with zero attached hydrogens (tertiary/aromatic N) is 2. The minimum absolute atomic E-state index is 0.207. The van der Waals surface area contributed by atoms with Crippen LogP contribution in [0.2, 0.25) is 0 Å². The van der Waals surface area contributed by atoms with Crippen molar-refractivity contribution in [2.45, 2.75) is 52.0 Å². The van der Waals surface area contributed by atoms with Gasteiger partial charge in [0.1, 0.15) is 0 Å². The lowest BCUT2D eigenvalue weighted by molar-refractivity contribution is -0.132. The second-order valence-corrected chi connectivity index (χ2v) is 7.09. The van der Waals surface area contributed by atoms with E-state index >= 15 is 0 Å². The van der Waals surface area contributed by atoms with Crippen molar-refractivity contribution in [1.82, 2.24) is 9.80 Å². The Labute approximate surface area is 149 Å². The molecular weight excluding hydrogens is 316 g/mol. The molecule has 0 aromatic heterocycles. The van der Waals surface area contributed by atoms with Crippen LogP contribution in [-0.4, -0.2) is 46.7 Å². The van der Waals surface area contributed by atoms with E-state index in [1.807, 2.05) is 4.90 Å². The second-order valence-electron chi connectivity index (χ2n) is 7.09. The normalized spacial score (nSPS) is 22.6. The van der Waals surface area contributed by atoms with Gasteiger partial charge >= 0.3 is 0 Å². The fraction of sp³-hybridized carbons (Fsp3) is 0.550. The van der Waals surface area contributed by atoms with E-state index in [9.17, 15) is 14.4 Å². The van der Waals surface area contributed by atoms with Gasteiger partial charge in [0, 0.05) is 25.6 Å². The van der Waals surface area contributed by atoms with Crippen molar-refractivity contribution >= 4 is 17.7 Å². The number of imide groups is 1. The minimum Gasteiger partial charge on any atom is -0.339 e. The SMILES string of the molecule is CC[C@@H]1[C@@H](C)CCN1C(=O)CCCCN1C(=O)c2ccccc2C1=O. The van der Waals surface area contributed by atoms with Crippen molar-refractivity contribution in [1.29, 1.82) is 0 Å². The highest BCUT2D eigenvalue weighted by atomic mass is 16.2. The van der Waals surface area contributed by atoms with E-state index in [0.717, 1.165) is 19.4 Å². The largest absolute Gasteiger partial charge is 0.339 e. The van der Waals surface area contributed by atoms with Crippen molar-refractivity contribution in [3.63, 3.8) is 0 Å². The Hall–Kier alpha value is -2.17. The summed E-state index contributed by atoms with van der Waals surface area (Å²) < 4.78 is 0. The fourth-order valence-corrected chi connectivity index (χ4v) is 4.07. The summed E-state index contributed by atoms with van der Waals surface area (Å²) in [7, 11) is 0. The maximum absolute atomic E-state index is 12.4. The molecule has 0 spiro atoms. The van der Waals surface area contributed by atoms with Gasteiger partial charge in [0.25, 0.3) is 11.8 Å². The monoisotopic (exact) mass is 342 g/mol. The summed E-state index contributed by atoms with van der Waals surface area (Å²) in [6.45, 7) is 5.59. The highest BCUT2D eigenvalue weighted by Gasteiger charge is 2.35. The molecule has 0 aliphatic carbocycles. The van der Waals surface area contributed by atoms with Crippen LogP contribution in [0.15, 0.2) is 24.3 Å². The van der Waals surface area contributed by atoms with Crippen LogP contribution in [0.1, 0.15) is 66.7 Å². The molecule has 0 unspecified atom stereocenters. The molecule has 3 amide bonds. The molecule has 0 radical (unpaired) electrons. The molecule has 2 aliphatic heterocycles. The molecule has 0 bridgehead atoms. The van der Waals surface area contributed by atoms with E-state index in [4.69, 9.17) is 0 Å². The Kier molecular flexibility index (Phi) is 5.21. The molecule has 25 heavy (non-hydrogen) atoms. The van der Waals surface area contributed by atoms with Gasteiger partial charge in [-0.15, -0.1) is 0 Å². The quantitative estimate of drug-likeness (QED) is 0.590. The maximum Gasteiger partial charge on any atom is 0.261 e. The lowest BCUT2D eigenvalue weighted by atomic mass is 10.0. The van der Waals surface area contributed by atoms with E-state index in [1.54, 1.807) is 24.3 Å². The Bertz CT molecular complexity index is 650. The first-order valence-electron chi connectivity index (χ1n) is 9.29. The number of hydrogen-bond donors (Lipinski definition) is 0. The first-order valence-corrected chi connectivity index (χ1v) is 9.29. The van der Waals surface area contributed by atoms with E-state index < -0.39 is 0 Å². The van der Waals surface area contributed by atoms with Crippen LogP contribution in [0.25, 0.3) is 0 Å². The molecule has 5 nitrogen and oxygen atoms in total. The molecule has 134 valence electrons. The summed E-state index contributed by atoms with van der Waals surface area (Å²) in [5.41, 5.74) is 0.973. The third kappa shape index (κ3) is 3.32. The Morgan fingerprint density at radius 3 is 2.36 bits per heavy atom. The van der Waals surface area contributed by atoms with Gasteiger partial charge in [-0.05, 0) is 43.7 Å². The first kappa shape index (κ1) is 17.6. The number of carbonyl (C=O) groups excluding carboxylic acids is 3. The van der Waals surface area contributed by atoms with Crippen LogP contribution in [0.3, 0.4) is 0 Å². The highest BCUT2D eigenvalue weighted by molar-refractivity contribution is 6.21. The number of carbonyl (C=O) groups is 3. The van der Waals surface area contributed by atoms with Gasteiger partial charge in [0.2, 0.25) is 5.91 Å². The van der Waals surface area contributed by atoms with Crippen LogP contribution in [0.5, 0.6) is 0 Å². The van der Waals surface area contributed by atoms with E-state index in [0.29, 0.717) is 48.9 Å². The summed E-state index contributed by atoms with van der Waals surface area (Å²) in [5, 5.41) is 0. The smallest absolute Gasteiger partial charge is 0.261 e. The predicted octanol–water partition coefficient (Wildman–Crippen LogP) is 3.10. The maximum atomic E-state index is 12.4. The Balaban J connectivity index is 1.47. The highest BCUT2D eigenvalue weighted by Crippen LogP contribution is 2.27. The van der Waals surface area contributed by atoms with Crippen molar-refractivity contribution in [3.8, 4) is 0 Å². The summed E-state index contributed by atoms with van der Waals surface area (Å²) in [5.74, 6) is 0.351. The molecule has 3 rings (SSSR count). The van der Waals surface area contributed by atoms with Crippen LogP contribution in [0.4, 0.5) is 0 Å². The average molecular weight is 342 g/mol. The second kappa shape index (κ2) is 7.38. The Morgan fingerprint density at radius 2 is 1.76 bits per heavy atom. The van der Waals surface area contributed by atoms with E-state index in [1.165, 1.54) is 4.90 Å². The number of unbranched alkanes of at least 4 members (excludes halogenated alkanes) is 1. The molecule has 2 aliphatic rings. The molecule has 2 atom stereocenters. The molecule has 1 aromatic carbocycles. The summed E-state index contributed by atoms with van der Waals surface area (Å²) in [4.78, 5) is 40.4. The molecule has 0 saturated carbocycles. The molecule has 2 heterocycles. The third-order valence-electron chi connectivity index (χ3n) is 5.52. The van der Waals surface area contributed by atoms with Gasteiger partial charge in [-0.25, -0.2) is 0 Å². The molecule has 5 heteroatoms. The summed E-state index contributed by atoms with van der Waals surface area (Å²) in [6, 6.07) is 7.29. The zero-order valence-electron chi connectivity index (χ0n) is 15.0. The van der Waals surface area contributed by atoms with Crippen molar-refractivity contribution in [2.75, 3.05) is 13.1 Å². The van der Waals surface area contributed by atoms with Crippen LogP contribution < -0.4 is 0 Å². The van der Waals surface area contributed by atoms with Gasteiger partial charge in [-0.3, -0.25) is 19.3 Å². The van der Waals surface area contributed by atoms with Gasteiger partial charge in [-0.2, -0.15) is 0 Å². The zero-order valence-corrected chi connectivity index (χ0v) is 15.0. The van der Waals surface area contributed by atoms with Crippen LogP contribution in [0, 0.1) is 5.92 Å². The van der Waals surface area contributed by atoms with Crippen LogP contribution in [-0.2, 0) is 4.79 Å². The predicted molar refractivity (Wildman–Crippen MR) is 95.2 cm³/mol. The number of rotatable bonds is 6. The lowest BCUT2D eigenvalue weighted by Gasteiger charge is -2.26. The third-order valence-corrected chi connectivity index (χ3v) is 5.52. The molecule has 1 saturated heterocycles. The number of fused-ring (bicyclic) bond motifs is 1. The van der Waals surface area contributed by atoms with Gasteiger partial charge < -0.3 is 4.90 Å². The van der Waals surface area contributed by atoms with E-state index in [-0.39, 0.29) is 17.7 Å². The number of hydrogen-bond acceptors (Lipinski definition) is 3. The van der Waals surface area contributed by atoms with Gasteiger partial charge in [0.05, 0.1) is 11.1 Å².